The fraction of sp³-hybridized carbons (Fsp3) is 0.889. The lowest BCUT2D eigenvalue weighted by Crippen LogP contribution is -2.55. The molecule has 0 aromatic rings. The van der Waals surface area contributed by atoms with Crippen molar-refractivity contribution in [1.82, 2.24) is 4.90 Å². The van der Waals surface area contributed by atoms with Crippen molar-refractivity contribution in [1.29, 1.82) is 0 Å². The molecule has 0 bridgehead atoms. The predicted molar refractivity (Wildman–Crippen MR) is 44.7 cm³/mol. The molecule has 5 heteroatoms. The van der Waals surface area contributed by atoms with E-state index in [1.165, 1.54) is 0 Å². The monoisotopic (exact) mass is 205 g/mol. The third-order valence-corrected chi connectivity index (χ3v) is 2.88. The van der Waals surface area contributed by atoms with E-state index in [0.29, 0.717) is 19.0 Å². The first-order valence-corrected chi connectivity index (χ1v) is 4.80. The highest BCUT2D eigenvalue weighted by molar-refractivity contribution is 5.82. The zero-order chi connectivity index (χ0) is 10.3. The molecule has 0 aromatic carbocycles. The van der Waals surface area contributed by atoms with Gasteiger partial charge in [0.1, 0.15) is 0 Å². The van der Waals surface area contributed by atoms with E-state index in [-0.39, 0.29) is 11.8 Å². The number of likely N-dealkylation sites (tertiary alicyclic amines) is 1. The van der Waals surface area contributed by atoms with Crippen LogP contribution in [-0.4, -0.2) is 36.6 Å². The Kier molecular flexibility index (Phi) is 2.43. The van der Waals surface area contributed by atoms with Crippen molar-refractivity contribution in [3.05, 3.63) is 0 Å². The molecule has 80 valence electrons. The normalized spacial score (nSPS) is 31.9. The first-order valence-electron chi connectivity index (χ1n) is 4.80. The minimum Gasteiger partial charge on any atom is -0.337 e. The van der Waals surface area contributed by atoms with Crippen molar-refractivity contribution >= 4 is 5.91 Å². The number of rotatable bonds is 3. The maximum absolute atomic E-state index is 11.7. The minimum absolute atomic E-state index is 0.103. The van der Waals surface area contributed by atoms with E-state index in [0.717, 1.165) is 6.42 Å². The van der Waals surface area contributed by atoms with Gasteiger partial charge in [-0.1, -0.05) is 6.92 Å². The molecule has 0 spiro atoms. The Balaban J connectivity index is 1.70. The summed E-state index contributed by atoms with van der Waals surface area (Å²) in [6, 6.07) is 0. The number of hydrogen-bond donors (Lipinski definition) is 0. The Morgan fingerprint density at radius 1 is 1.50 bits per heavy atom. The van der Waals surface area contributed by atoms with Crippen LogP contribution in [0.4, 0.5) is 8.78 Å². The molecule has 1 aliphatic heterocycles. The first-order chi connectivity index (χ1) is 6.58. The lowest BCUT2D eigenvalue weighted by molar-refractivity contribution is -0.199. The summed E-state index contributed by atoms with van der Waals surface area (Å²) in [4.78, 5) is 13.1. The fourth-order valence-corrected chi connectivity index (χ4v) is 1.75. The Morgan fingerprint density at radius 2 is 2.07 bits per heavy atom. The van der Waals surface area contributed by atoms with Gasteiger partial charge < -0.3 is 9.64 Å². The van der Waals surface area contributed by atoms with Crippen molar-refractivity contribution in [2.75, 3.05) is 13.1 Å². The second-order valence-electron chi connectivity index (χ2n) is 4.08. The summed E-state index contributed by atoms with van der Waals surface area (Å²) in [5, 5.41) is 0. The van der Waals surface area contributed by atoms with E-state index < -0.39 is 12.7 Å². The van der Waals surface area contributed by atoms with E-state index in [4.69, 9.17) is 0 Å². The summed E-state index contributed by atoms with van der Waals surface area (Å²) in [5.41, 5.74) is 0. The summed E-state index contributed by atoms with van der Waals surface area (Å²) < 4.78 is 27.7. The fourth-order valence-electron chi connectivity index (χ4n) is 1.75. The van der Waals surface area contributed by atoms with Gasteiger partial charge in [0.05, 0.1) is 6.10 Å². The molecule has 2 fully saturated rings. The predicted octanol–water partition coefficient (Wildman–Crippen LogP) is 1.09. The van der Waals surface area contributed by atoms with Crippen LogP contribution in [0.1, 0.15) is 13.3 Å². The molecule has 2 aliphatic rings. The van der Waals surface area contributed by atoms with Gasteiger partial charge in [0.2, 0.25) is 5.91 Å². The summed E-state index contributed by atoms with van der Waals surface area (Å²) in [5.74, 6) is 0.715. The van der Waals surface area contributed by atoms with Crippen molar-refractivity contribution in [2.24, 2.45) is 11.8 Å². The minimum atomic E-state index is -2.72. The van der Waals surface area contributed by atoms with Crippen LogP contribution in [-0.2, 0) is 9.53 Å². The summed E-state index contributed by atoms with van der Waals surface area (Å²) in [6.45, 7) is -0.0500. The molecule has 1 saturated heterocycles. The third kappa shape index (κ3) is 1.87. The lowest BCUT2D eigenvalue weighted by Gasteiger charge is -2.38. The van der Waals surface area contributed by atoms with Gasteiger partial charge in [0.25, 0.3) is 0 Å². The molecule has 2 unspecified atom stereocenters. The third-order valence-electron chi connectivity index (χ3n) is 2.88. The van der Waals surface area contributed by atoms with Crippen LogP contribution >= 0.6 is 0 Å². The first kappa shape index (κ1) is 9.83. The van der Waals surface area contributed by atoms with Crippen LogP contribution < -0.4 is 0 Å². The highest BCUT2D eigenvalue weighted by Crippen LogP contribution is 2.40. The van der Waals surface area contributed by atoms with Crippen molar-refractivity contribution in [3.63, 3.8) is 0 Å². The maximum Gasteiger partial charge on any atom is 0.345 e. The molecule has 1 heterocycles. The molecule has 2 rings (SSSR count). The summed E-state index contributed by atoms with van der Waals surface area (Å²) >= 11 is 0. The van der Waals surface area contributed by atoms with Gasteiger partial charge in [0, 0.05) is 19.0 Å². The van der Waals surface area contributed by atoms with Crippen LogP contribution in [0.3, 0.4) is 0 Å². The van der Waals surface area contributed by atoms with E-state index in [1.807, 2.05) is 6.92 Å². The van der Waals surface area contributed by atoms with Crippen molar-refractivity contribution in [3.8, 4) is 0 Å². The highest BCUT2D eigenvalue weighted by atomic mass is 19.3. The van der Waals surface area contributed by atoms with E-state index in [2.05, 4.69) is 4.74 Å². The second kappa shape index (κ2) is 3.46. The molecule has 0 aromatic heterocycles. The standard InChI is InChI=1S/C9H13F2NO2/c1-5-2-7(5)8(13)12-3-6(4-12)14-9(10)11/h5-7,9H,2-4H2,1H3. The van der Waals surface area contributed by atoms with Crippen LogP contribution in [0.5, 0.6) is 0 Å². The van der Waals surface area contributed by atoms with Crippen LogP contribution in [0.25, 0.3) is 0 Å². The van der Waals surface area contributed by atoms with Crippen LogP contribution in [0.15, 0.2) is 0 Å². The number of nitrogens with zero attached hydrogens (tertiary/aromatic N) is 1. The average Bonchev–Trinajstić information content (AvgIpc) is 2.72. The van der Waals surface area contributed by atoms with Crippen molar-refractivity contribution < 1.29 is 18.3 Å². The van der Waals surface area contributed by atoms with Gasteiger partial charge in [-0.05, 0) is 12.3 Å². The van der Waals surface area contributed by atoms with Gasteiger partial charge in [-0.15, -0.1) is 0 Å². The largest absolute Gasteiger partial charge is 0.345 e. The number of hydrogen-bond acceptors (Lipinski definition) is 2. The van der Waals surface area contributed by atoms with Crippen LogP contribution in [0.2, 0.25) is 0 Å². The van der Waals surface area contributed by atoms with Gasteiger partial charge in [-0.3, -0.25) is 4.79 Å². The second-order valence-corrected chi connectivity index (χ2v) is 4.08. The zero-order valence-electron chi connectivity index (χ0n) is 7.95. The SMILES string of the molecule is CC1CC1C(=O)N1CC(OC(F)F)C1. The number of ether oxygens (including phenoxy) is 1. The number of alkyl halides is 2. The number of carbonyl (C=O) groups is 1. The number of carbonyl (C=O) groups excluding carboxylic acids is 1. The molecule has 1 aliphatic carbocycles. The zero-order valence-corrected chi connectivity index (χ0v) is 7.95. The molecular weight excluding hydrogens is 192 g/mol. The molecular formula is C9H13F2NO2. The molecule has 1 amide bonds. The number of halogens is 2. The Bertz CT molecular complexity index is 241. The Labute approximate surface area is 81.0 Å². The molecule has 3 nitrogen and oxygen atoms in total. The highest BCUT2D eigenvalue weighted by Gasteiger charge is 2.45. The topological polar surface area (TPSA) is 29.5 Å². The molecule has 0 radical (unpaired) electrons. The van der Waals surface area contributed by atoms with E-state index in [1.54, 1.807) is 4.90 Å². The molecule has 14 heavy (non-hydrogen) atoms. The quantitative estimate of drug-likeness (QED) is 0.690. The Morgan fingerprint density at radius 3 is 2.50 bits per heavy atom. The smallest absolute Gasteiger partial charge is 0.337 e. The van der Waals surface area contributed by atoms with E-state index in [9.17, 15) is 13.6 Å². The number of amides is 1. The van der Waals surface area contributed by atoms with E-state index >= 15 is 0 Å². The molecule has 1 saturated carbocycles. The van der Waals surface area contributed by atoms with Crippen molar-refractivity contribution in [2.45, 2.75) is 26.1 Å². The molecule has 0 N–H and O–H groups in total. The van der Waals surface area contributed by atoms with Gasteiger partial charge in [-0.25, -0.2) is 0 Å². The average molecular weight is 205 g/mol. The van der Waals surface area contributed by atoms with Gasteiger partial charge in [0.15, 0.2) is 0 Å². The Hall–Kier alpha value is -0.710. The summed E-state index contributed by atoms with van der Waals surface area (Å²) in [7, 11) is 0. The molecule has 2 atom stereocenters. The summed E-state index contributed by atoms with van der Waals surface area (Å²) in [6.07, 6.45) is 0.475. The maximum atomic E-state index is 11.7. The van der Waals surface area contributed by atoms with Gasteiger partial charge >= 0.3 is 6.61 Å². The lowest BCUT2D eigenvalue weighted by atomic mass is 10.1. The van der Waals surface area contributed by atoms with Gasteiger partial charge in [-0.2, -0.15) is 8.78 Å². The van der Waals surface area contributed by atoms with Crippen LogP contribution in [0, 0.1) is 11.8 Å².